The zero-order valence-corrected chi connectivity index (χ0v) is 11.5. The first-order valence-electron chi connectivity index (χ1n) is 5.74. The molecule has 0 aromatic carbocycles. The Morgan fingerprint density at radius 2 is 2.35 bits per heavy atom. The molecule has 0 saturated carbocycles. The van der Waals surface area contributed by atoms with E-state index in [4.69, 9.17) is 5.14 Å². The van der Waals surface area contributed by atoms with E-state index in [1.165, 1.54) is 18.1 Å². The molecule has 9 nitrogen and oxygen atoms in total. The lowest BCUT2D eigenvalue weighted by Crippen LogP contribution is -2.27. The van der Waals surface area contributed by atoms with Gasteiger partial charge in [-0.3, -0.25) is 14.8 Å². The Kier molecular flexibility index (Phi) is 3.77. The van der Waals surface area contributed by atoms with Gasteiger partial charge in [0, 0.05) is 24.9 Å². The average Bonchev–Trinajstić information content (AvgIpc) is 2.92. The molecule has 1 fully saturated rings. The molecule has 1 aliphatic rings. The van der Waals surface area contributed by atoms with Crippen LogP contribution in [0.15, 0.2) is 6.07 Å². The molecule has 20 heavy (non-hydrogen) atoms. The normalized spacial score (nSPS) is 19.4. The fourth-order valence-electron chi connectivity index (χ4n) is 2.11. The summed E-state index contributed by atoms with van der Waals surface area (Å²) < 4.78 is 26.6. The molecule has 1 aromatic rings. The van der Waals surface area contributed by atoms with Crippen molar-refractivity contribution < 1.29 is 22.7 Å². The van der Waals surface area contributed by atoms with Gasteiger partial charge in [0.15, 0.2) is 5.82 Å². The number of hydrogen-bond donors (Lipinski definition) is 2. The predicted molar refractivity (Wildman–Crippen MR) is 68.4 cm³/mol. The topological polar surface area (TPSA) is 135 Å². The van der Waals surface area contributed by atoms with Crippen LogP contribution >= 0.6 is 0 Å². The summed E-state index contributed by atoms with van der Waals surface area (Å²) in [4.78, 5) is 24.4. The standard InChI is InChI=1S/C10H14N4O5S/c1-19-10(16)7-3-8(13-12-7)14-4-6(2-9(14)15)5-20(11,17)18/h3,6H,2,4-5H2,1H3,(H,12,13)(H2,11,17,18). The molecule has 1 saturated heterocycles. The van der Waals surface area contributed by atoms with Gasteiger partial charge in [-0.2, -0.15) is 5.10 Å². The second kappa shape index (κ2) is 5.21. The second-order valence-electron chi connectivity index (χ2n) is 4.54. The smallest absolute Gasteiger partial charge is 0.356 e. The average molecular weight is 302 g/mol. The van der Waals surface area contributed by atoms with E-state index in [0.29, 0.717) is 0 Å². The number of sulfonamides is 1. The summed E-state index contributed by atoms with van der Waals surface area (Å²) in [5.41, 5.74) is 0.116. The van der Waals surface area contributed by atoms with E-state index >= 15 is 0 Å². The molecule has 1 atom stereocenters. The van der Waals surface area contributed by atoms with E-state index in [1.807, 2.05) is 0 Å². The van der Waals surface area contributed by atoms with Gasteiger partial charge in [-0.05, 0) is 0 Å². The largest absolute Gasteiger partial charge is 0.464 e. The van der Waals surface area contributed by atoms with Gasteiger partial charge in [0.2, 0.25) is 15.9 Å². The third kappa shape index (κ3) is 3.14. The van der Waals surface area contributed by atoms with Crippen LogP contribution in [-0.4, -0.2) is 49.9 Å². The highest BCUT2D eigenvalue weighted by Crippen LogP contribution is 2.24. The van der Waals surface area contributed by atoms with Crippen molar-refractivity contribution in [2.45, 2.75) is 6.42 Å². The zero-order valence-electron chi connectivity index (χ0n) is 10.7. The van der Waals surface area contributed by atoms with Crippen molar-refractivity contribution >= 4 is 27.7 Å². The Morgan fingerprint density at radius 3 is 2.95 bits per heavy atom. The number of rotatable bonds is 4. The maximum absolute atomic E-state index is 11.8. The number of H-pyrrole nitrogens is 1. The van der Waals surface area contributed by atoms with Gasteiger partial charge in [-0.1, -0.05) is 0 Å². The highest BCUT2D eigenvalue weighted by molar-refractivity contribution is 7.89. The monoisotopic (exact) mass is 302 g/mol. The number of anilines is 1. The zero-order chi connectivity index (χ0) is 14.9. The van der Waals surface area contributed by atoms with Crippen LogP contribution in [0.5, 0.6) is 0 Å². The number of aromatic nitrogens is 2. The van der Waals surface area contributed by atoms with Crippen LogP contribution in [0, 0.1) is 5.92 Å². The summed E-state index contributed by atoms with van der Waals surface area (Å²) in [6.45, 7) is 0.195. The number of methoxy groups -OCH3 is 1. The van der Waals surface area contributed by atoms with E-state index in [9.17, 15) is 18.0 Å². The Balaban J connectivity index is 2.12. The van der Waals surface area contributed by atoms with Crippen LogP contribution in [0.2, 0.25) is 0 Å². The molecule has 1 aromatic heterocycles. The summed E-state index contributed by atoms with van der Waals surface area (Å²) in [5.74, 6) is -1.25. The van der Waals surface area contributed by atoms with Crippen LogP contribution in [-0.2, 0) is 19.6 Å². The van der Waals surface area contributed by atoms with Crippen molar-refractivity contribution in [1.29, 1.82) is 0 Å². The number of primary sulfonamides is 1. The van der Waals surface area contributed by atoms with Crippen molar-refractivity contribution in [1.82, 2.24) is 10.2 Å². The molecule has 10 heteroatoms. The van der Waals surface area contributed by atoms with Gasteiger partial charge in [0.25, 0.3) is 0 Å². The fraction of sp³-hybridized carbons (Fsp3) is 0.500. The van der Waals surface area contributed by atoms with E-state index in [-0.39, 0.29) is 42.1 Å². The first kappa shape index (κ1) is 14.5. The fourth-order valence-corrected chi connectivity index (χ4v) is 2.99. The SMILES string of the molecule is COC(=O)c1cc(N2CC(CS(N)(=O)=O)CC2=O)n[nH]1. The molecule has 0 aliphatic carbocycles. The number of nitrogens with zero attached hydrogens (tertiary/aromatic N) is 2. The summed E-state index contributed by atoms with van der Waals surface area (Å²) in [5, 5.41) is 11.3. The lowest BCUT2D eigenvalue weighted by atomic mass is 10.1. The summed E-state index contributed by atoms with van der Waals surface area (Å²) in [6.07, 6.45) is 0.0802. The highest BCUT2D eigenvalue weighted by atomic mass is 32.2. The molecule has 2 heterocycles. The number of nitrogens with two attached hydrogens (primary N) is 1. The summed E-state index contributed by atoms with van der Waals surface area (Å²) in [7, 11) is -2.40. The van der Waals surface area contributed by atoms with Crippen LogP contribution in [0.4, 0.5) is 5.82 Å². The maximum atomic E-state index is 11.8. The van der Waals surface area contributed by atoms with Gasteiger partial charge in [-0.15, -0.1) is 0 Å². The van der Waals surface area contributed by atoms with Crippen molar-refractivity contribution in [3.63, 3.8) is 0 Å². The first-order valence-corrected chi connectivity index (χ1v) is 7.46. The lowest BCUT2D eigenvalue weighted by molar-refractivity contribution is -0.117. The van der Waals surface area contributed by atoms with Crippen LogP contribution in [0.1, 0.15) is 16.9 Å². The lowest BCUT2D eigenvalue weighted by Gasteiger charge is -2.12. The number of nitrogens with one attached hydrogen (secondary N) is 1. The Morgan fingerprint density at radius 1 is 1.65 bits per heavy atom. The van der Waals surface area contributed by atoms with Gasteiger partial charge in [0.1, 0.15) is 5.69 Å². The number of hydrogen-bond acceptors (Lipinski definition) is 6. The molecule has 2 rings (SSSR count). The number of ether oxygens (including phenoxy) is 1. The third-order valence-corrected chi connectivity index (χ3v) is 3.86. The first-order chi connectivity index (χ1) is 9.30. The Bertz CT molecular complexity index is 638. The minimum Gasteiger partial charge on any atom is -0.464 e. The summed E-state index contributed by atoms with van der Waals surface area (Å²) >= 11 is 0. The minimum atomic E-state index is -3.63. The third-order valence-electron chi connectivity index (χ3n) is 2.92. The number of carbonyl (C=O) groups excluding carboxylic acids is 2. The van der Waals surface area contributed by atoms with Gasteiger partial charge >= 0.3 is 5.97 Å². The number of esters is 1. The van der Waals surface area contributed by atoms with Crippen molar-refractivity contribution in [2.24, 2.45) is 11.1 Å². The second-order valence-corrected chi connectivity index (χ2v) is 6.19. The molecule has 1 amide bonds. The Hall–Kier alpha value is -1.94. The van der Waals surface area contributed by atoms with Crippen LogP contribution < -0.4 is 10.0 Å². The number of carbonyl (C=O) groups is 2. The van der Waals surface area contributed by atoms with E-state index < -0.39 is 16.0 Å². The molecule has 0 bridgehead atoms. The van der Waals surface area contributed by atoms with Gasteiger partial charge in [-0.25, -0.2) is 18.4 Å². The number of aromatic amines is 1. The maximum Gasteiger partial charge on any atom is 0.356 e. The van der Waals surface area contributed by atoms with Crippen molar-refractivity contribution in [3.05, 3.63) is 11.8 Å². The molecule has 0 spiro atoms. The molecule has 0 radical (unpaired) electrons. The van der Waals surface area contributed by atoms with Crippen molar-refractivity contribution in [2.75, 3.05) is 24.3 Å². The minimum absolute atomic E-state index is 0.0802. The predicted octanol–water partition coefficient (Wildman–Crippen LogP) is -1.16. The summed E-state index contributed by atoms with van der Waals surface area (Å²) in [6, 6.07) is 1.38. The van der Waals surface area contributed by atoms with Crippen molar-refractivity contribution in [3.8, 4) is 0 Å². The van der Waals surface area contributed by atoms with Crippen LogP contribution in [0.3, 0.4) is 0 Å². The molecule has 1 aliphatic heterocycles. The van der Waals surface area contributed by atoms with E-state index in [1.54, 1.807) is 0 Å². The molecule has 110 valence electrons. The number of amides is 1. The van der Waals surface area contributed by atoms with Gasteiger partial charge in [0.05, 0.1) is 12.9 Å². The quantitative estimate of drug-likeness (QED) is 0.673. The van der Waals surface area contributed by atoms with E-state index in [0.717, 1.165) is 0 Å². The molecule has 1 unspecified atom stereocenters. The molecular formula is C10H14N4O5S. The van der Waals surface area contributed by atoms with E-state index in [2.05, 4.69) is 14.9 Å². The Labute approximate surface area is 115 Å². The molecule has 3 N–H and O–H groups in total. The van der Waals surface area contributed by atoms with Gasteiger partial charge < -0.3 is 4.74 Å². The highest BCUT2D eigenvalue weighted by Gasteiger charge is 2.34. The molecular weight excluding hydrogens is 288 g/mol. The van der Waals surface area contributed by atoms with Crippen LogP contribution in [0.25, 0.3) is 0 Å².